The number of hydrogen-bond donors (Lipinski definition) is 1. The smallest absolute Gasteiger partial charge is 0.317 e. The minimum Gasteiger partial charge on any atom is -0.334 e. The molecule has 2 amide bonds. The summed E-state index contributed by atoms with van der Waals surface area (Å²) in [6, 6.07) is 13.3. The Kier molecular flexibility index (Phi) is 6.29. The fraction of sp³-hybridized carbons (Fsp3) is 0.316. The Morgan fingerprint density at radius 2 is 1.74 bits per heavy atom. The van der Waals surface area contributed by atoms with Gasteiger partial charge < -0.3 is 10.2 Å². The van der Waals surface area contributed by atoms with E-state index in [9.17, 15) is 13.2 Å². The highest BCUT2D eigenvalue weighted by Gasteiger charge is 2.32. The first kappa shape index (κ1) is 20.0. The minimum absolute atomic E-state index is 0.225. The Balaban J connectivity index is 1.55. The van der Waals surface area contributed by atoms with Crippen LogP contribution in [0.5, 0.6) is 0 Å². The molecule has 1 N–H and O–H groups in total. The number of sulfone groups is 1. The summed E-state index contributed by atoms with van der Waals surface area (Å²) in [5, 5.41) is 3.40. The Morgan fingerprint density at radius 3 is 2.37 bits per heavy atom. The van der Waals surface area contributed by atoms with E-state index < -0.39 is 15.1 Å². The standard InChI is InChI=1S/C19H20Cl2N2O3S/c20-15-7-6-14(18(21)12-15)13-22-19(24)23-10-8-17(9-11-23)27(25,26)16-4-2-1-3-5-16/h1-7,12,17H,8-11,13H2,(H,22,24). The molecule has 0 atom stereocenters. The van der Waals surface area contributed by atoms with Crippen LogP contribution in [0.2, 0.25) is 10.0 Å². The van der Waals surface area contributed by atoms with Crippen molar-refractivity contribution in [2.24, 2.45) is 0 Å². The number of nitrogens with zero attached hydrogens (tertiary/aromatic N) is 1. The zero-order valence-corrected chi connectivity index (χ0v) is 16.9. The van der Waals surface area contributed by atoms with Crippen molar-refractivity contribution in [3.05, 3.63) is 64.1 Å². The second kappa shape index (κ2) is 8.50. The highest BCUT2D eigenvalue weighted by atomic mass is 35.5. The van der Waals surface area contributed by atoms with Crippen LogP contribution >= 0.6 is 23.2 Å². The van der Waals surface area contributed by atoms with Gasteiger partial charge in [0.25, 0.3) is 0 Å². The number of likely N-dealkylation sites (tertiary alicyclic amines) is 1. The molecule has 0 aliphatic carbocycles. The van der Waals surface area contributed by atoms with Crippen molar-refractivity contribution in [2.75, 3.05) is 13.1 Å². The van der Waals surface area contributed by atoms with E-state index in [-0.39, 0.29) is 12.6 Å². The fourth-order valence-electron chi connectivity index (χ4n) is 3.12. The first-order valence-electron chi connectivity index (χ1n) is 8.63. The Hall–Kier alpha value is -1.76. The lowest BCUT2D eigenvalue weighted by Gasteiger charge is -2.31. The van der Waals surface area contributed by atoms with Gasteiger partial charge >= 0.3 is 6.03 Å². The molecule has 2 aromatic carbocycles. The van der Waals surface area contributed by atoms with Gasteiger partial charge in [-0.25, -0.2) is 13.2 Å². The maximum absolute atomic E-state index is 12.7. The predicted octanol–water partition coefficient (Wildman–Crippen LogP) is 4.14. The number of rotatable bonds is 4. The van der Waals surface area contributed by atoms with Gasteiger partial charge in [0.2, 0.25) is 0 Å². The van der Waals surface area contributed by atoms with E-state index in [0.717, 1.165) is 5.56 Å². The molecule has 0 bridgehead atoms. The molecule has 5 nitrogen and oxygen atoms in total. The normalized spacial score (nSPS) is 15.6. The van der Waals surface area contributed by atoms with Crippen molar-refractivity contribution < 1.29 is 13.2 Å². The fourth-order valence-corrected chi connectivity index (χ4v) is 5.35. The summed E-state index contributed by atoms with van der Waals surface area (Å²) >= 11 is 12.0. The average Bonchev–Trinajstić information content (AvgIpc) is 2.68. The summed E-state index contributed by atoms with van der Waals surface area (Å²) in [6.45, 7) is 1.09. The van der Waals surface area contributed by atoms with Gasteiger partial charge in [-0.2, -0.15) is 0 Å². The summed E-state index contributed by atoms with van der Waals surface area (Å²) in [6.07, 6.45) is 0.846. The molecule has 1 saturated heterocycles. The van der Waals surface area contributed by atoms with Gasteiger partial charge in [-0.1, -0.05) is 47.5 Å². The first-order chi connectivity index (χ1) is 12.9. The molecule has 2 aromatic rings. The zero-order valence-electron chi connectivity index (χ0n) is 14.6. The molecule has 1 heterocycles. The number of amides is 2. The quantitative estimate of drug-likeness (QED) is 0.798. The van der Waals surface area contributed by atoms with Crippen LogP contribution in [0.3, 0.4) is 0 Å². The number of carbonyl (C=O) groups excluding carboxylic acids is 1. The van der Waals surface area contributed by atoms with E-state index in [1.807, 2.05) is 0 Å². The lowest BCUT2D eigenvalue weighted by Crippen LogP contribution is -2.46. The molecule has 3 rings (SSSR count). The molecule has 1 aliphatic rings. The molecule has 0 radical (unpaired) electrons. The molecule has 1 fully saturated rings. The van der Waals surface area contributed by atoms with Crippen LogP contribution in [0.15, 0.2) is 53.4 Å². The minimum atomic E-state index is -3.36. The second-order valence-electron chi connectivity index (χ2n) is 6.44. The van der Waals surface area contributed by atoms with Crippen molar-refractivity contribution in [3.8, 4) is 0 Å². The Morgan fingerprint density at radius 1 is 1.07 bits per heavy atom. The number of benzene rings is 2. The molecule has 0 spiro atoms. The Labute approximate surface area is 169 Å². The molecule has 27 heavy (non-hydrogen) atoms. The van der Waals surface area contributed by atoms with Gasteiger partial charge in [0.15, 0.2) is 9.84 Å². The molecule has 0 saturated carbocycles. The van der Waals surface area contributed by atoms with Gasteiger partial charge in [-0.15, -0.1) is 0 Å². The predicted molar refractivity (Wildman–Crippen MR) is 107 cm³/mol. The second-order valence-corrected chi connectivity index (χ2v) is 9.51. The van der Waals surface area contributed by atoms with Crippen LogP contribution in [0.25, 0.3) is 0 Å². The van der Waals surface area contributed by atoms with Gasteiger partial charge in [-0.05, 0) is 42.7 Å². The summed E-state index contributed by atoms with van der Waals surface area (Å²) in [4.78, 5) is 14.4. The molecule has 144 valence electrons. The molecule has 0 unspecified atom stereocenters. The van der Waals surface area contributed by atoms with E-state index in [2.05, 4.69) is 5.32 Å². The summed E-state index contributed by atoms with van der Waals surface area (Å²) in [5.74, 6) is 0. The van der Waals surface area contributed by atoms with Crippen molar-refractivity contribution in [3.63, 3.8) is 0 Å². The lowest BCUT2D eigenvalue weighted by atomic mass is 10.1. The average molecular weight is 427 g/mol. The molecule has 0 aromatic heterocycles. The number of halogens is 2. The maximum Gasteiger partial charge on any atom is 0.317 e. The number of hydrogen-bond acceptors (Lipinski definition) is 3. The third kappa shape index (κ3) is 4.75. The van der Waals surface area contributed by atoms with E-state index in [1.165, 1.54) is 0 Å². The van der Waals surface area contributed by atoms with E-state index in [0.29, 0.717) is 40.9 Å². The number of piperidine rings is 1. The van der Waals surface area contributed by atoms with Crippen LogP contribution < -0.4 is 5.32 Å². The van der Waals surface area contributed by atoms with Gasteiger partial charge in [0.1, 0.15) is 0 Å². The third-order valence-corrected chi connectivity index (χ3v) is 7.55. The van der Waals surface area contributed by atoms with Crippen molar-refractivity contribution in [1.29, 1.82) is 0 Å². The molecule has 8 heteroatoms. The summed E-state index contributed by atoms with van der Waals surface area (Å²) in [5.41, 5.74) is 0.774. The van der Waals surface area contributed by atoms with E-state index in [4.69, 9.17) is 23.2 Å². The first-order valence-corrected chi connectivity index (χ1v) is 10.9. The highest BCUT2D eigenvalue weighted by molar-refractivity contribution is 7.92. The molecule has 1 aliphatic heterocycles. The Bertz CT molecular complexity index is 912. The maximum atomic E-state index is 12.7. The number of nitrogens with one attached hydrogen (secondary N) is 1. The van der Waals surface area contributed by atoms with Crippen molar-refractivity contribution >= 4 is 39.1 Å². The number of urea groups is 1. The van der Waals surface area contributed by atoms with Crippen molar-refractivity contribution in [1.82, 2.24) is 10.2 Å². The molecular weight excluding hydrogens is 407 g/mol. The van der Waals surface area contributed by atoms with Gasteiger partial charge in [0.05, 0.1) is 10.1 Å². The number of carbonyl (C=O) groups is 1. The van der Waals surface area contributed by atoms with Crippen LogP contribution in [-0.2, 0) is 16.4 Å². The summed E-state index contributed by atoms with van der Waals surface area (Å²) < 4.78 is 25.4. The third-order valence-electron chi connectivity index (χ3n) is 4.68. The highest BCUT2D eigenvalue weighted by Crippen LogP contribution is 2.25. The molecular formula is C19H20Cl2N2O3S. The van der Waals surface area contributed by atoms with Crippen LogP contribution in [0, 0.1) is 0 Å². The SMILES string of the molecule is O=C(NCc1ccc(Cl)cc1Cl)N1CCC(S(=O)(=O)c2ccccc2)CC1. The largest absolute Gasteiger partial charge is 0.334 e. The van der Waals surface area contributed by atoms with Gasteiger partial charge in [0, 0.05) is 29.7 Å². The summed E-state index contributed by atoms with van der Waals surface area (Å²) in [7, 11) is -3.36. The van der Waals surface area contributed by atoms with Gasteiger partial charge in [-0.3, -0.25) is 0 Å². The van der Waals surface area contributed by atoms with Crippen molar-refractivity contribution in [2.45, 2.75) is 29.5 Å². The van der Waals surface area contributed by atoms with E-state index >= 15 is 0 Å². The van der Waals surface area contributed by atoms with Crippen LogP contribution in [-0.4, -0.2) is 37.7 Å². The zero-order chi connectivity index (χ0) is 19.4. The monoisotopic (exact) mass is 426 g/mol. The lowest BCUT2D eigenvalue weighted by molar-refractivity contribution is 0.186. The van der Waals surface area contributed by atoms with Crippen LogP contribution in [0.4, 0.5) is 4.79 Å². The van der Waals surface area contributed by atoms with E-state index in [1.54, 1.807) is 53.4 Å². The topological polar surface area (TPSA) is 66.5 Å². The van der Waals surface area contributed by atoms with Crippen LogP contribution in [0.1, 0.15) is 18.4 Å².